The van der Waals surface area contributed by atoms with Crippen LogP contribution in [0, 0.1) is 0 Å². The van der Waals surface area contributed by atoms with Gasteiger partial charge in [0.25, 0.3) is 0 Å². The molecule has 0 radical (unpaired) electrons. The van der Waals surface area contributed by atoms with Crippen molar-refractivity contribution in [2.75, 3.05) is 0 Å². The standard InChI is InChI=1S/C11H8ClNOS/c12-10-2-1-8(5-9(10)7-14)6-11-13-3-4-15-11/h1-5,7H,6H2. The van der Waals surface area contributed by atoms with Gasteiger partial charge in [-0.2, -0.15) is 0 Å². The van der Waals surface area contributed by atoms with Gasteiger partial charge in [-0.15, -0.1) is 11.3 Å². The molecular formula is C11H8ClNOS. The second kappa shape index (κ2) is 4.55. The molecule has 2 rings (SSSR count). The van der Waals surface area contributed by atoms with Crippen molar-refractivity contribution in [1.82, 2.24) is 4.98 Å². The third-order valence-corrected chi connectivity index (χ3v) is 3.15. The highest BCUT2D eigenvalue weighted by molar-refractivity contribution is 7.09. The number of carbonyl (C=O) groups excluding carboxylic acids is 1. The Labute approximate surface area is 96.5 Å². The highest BCUT2D eigenvalue weighted by Crippen LogP contribution is 2.18. The minimum atomic E-state index is 0.493. The van der Waals surface area contributed by atoms with E-state index >= 15 is 0 Å². The molecule has 0 saturated heterocycles. The zero-order valence-corrected chi connectivity index (χ0v) is 9.39. The van der Waals surface area contributed by atoms with E-state index in [1.165, 1.54) is 0 Å². The lowest BCUT2D eigenvalue weighted by atomic mass is 10.1. The molecule has 15 heavy (non-hydrogen) atoms. The highest BCUT2D eigenvalue weighted by atomic mass is 35.5. The molecule has 0 unspecified atom stereocenters. The van der Waals surface area contributed by atoms with Crippen molar-refractivity contribution in [1.29, 1.82) is 0 Å². The molecule has 0 spiro atoms. The van der Waals surface area contributed by atoms with Gasteiger partial charge in [-0.25, -0.2) is 4.98 Å². The van der Waals surface area contributed by atoms with Crippen LogP contribution in [-0.2, 0) is 6.42 Å². The van der Waals surface area contributed by atoms with E-state index in [0.717, 1.165) is 23.3 Å². The number of aldehydes is 1. The minimum absolute atomic E-state index is 0.493. The maximum Gasteiger partial charge on any atom is 0.151 e. The SMILES string of the molecule is O=Cc1cc(Cc2nccs2)ccc1Cl. The van der Waals surface area contributed by atoms with Crippen molar-refractivity contribution in [3.05, 3.63) is 50.9 Å². The van der Waals surface area contributed by atoms with Crippen LogP contribution >= 0.6 is 22.9 Å². The molecule has 0 bridgehead atoms. The summed E-state index contributed by atoms with van der Waals surface area (Å²) in [5.74, 6) is 0. The van der Waals surface area contributed by atoms with Crippen molar-refractivity contribution in [3.63, 3.8) is 0 Å². The van der Waals surface area contributed by atoms with E-state index in [1.54, 1.807) is 29.7 Å². The monoisotopic (exact) mass is 237 g/mol. The molecule has 1 aromatic carbocycles. The molecule has 4 heteroatoms. The van der Waals surface area contributed by atoms with Gasteiger partial charge in [0, 0.05) is 23.6 Å². The van der Waals surface area contributed by atoms with Gasteiger partial charge in [0.15, 0.2) is 6.29 Å². The van der Waals surface area contributed by atoms with E-state index in [1.807, 2.05) is 11.4 Å². The molecule has 0 aliphatic rings. The summed E-state index contributed by atoms with van der Waals surface area (Å²) in [6.45, 7) is 0. The van der Waals surface area contributed by atoms with Crippen LogP contribution in [0.15, 0.2) is 29.8 Å². The molecule has 0 aliphatic heterocycles. The van der Waals surface area contributed by atoms with Gasteiger partial charge in [0.05, 0.1) is 10.0 Å². The Balaban J connectivity index is 2.26. The third-order valence-electron chi connectivity index (χ3n) is 2.03. The predicted molar refractivity (Wildman–Crippen MR) is 61.8 cm³/mol. The first-order valence-corrected chi connectivity index (χ1v) is 5.67. The molecule has 0 N–H and O–H groups in total. The van der Waals surface area contributed by atoms with Crippen molar-refractivity contribution >= 4 is 29.2 Å². The summed E-state index contributed by atoms with van der Waals surface area (Å²) in [6, 6.07) is 5.46. The summed E-state index contributed by atoms with van der Waals surface area (Å²) in [5, 5.41) is 3.47. The second-order valence-electron chi connectivity index (χ2n) is 3.08. The molecule has 1 aromatic heterocycles. The van der Waals surface area contributed by atoms with Gasteiger partial charge >= 0.3 is 0 Å². The first-order valence-electron chi connectivity index (χ1n) is 4.41. The summed E-state index contributed by atoms with van der Waals surface area (Å²) in [6.07, 6.45) is 3.29. The zero-order chi connectivity index (χ0) is 10.7. The summed E-state index contributed by atoms with van der Waals surface area (Å²) in [5.41, 5.74) is 1.59. The van der Waals surface area contributed by atoms with Crippen LogP contribution in [0.1, 0.15) is 20.9 Å². The van der Waals surface area contributed by atoms with Gasteiger partial charge in [0.1, 0.15) is 0 Å². The van der Waals surface area contributed by atoms with E-state index in [0.29, 0.717) is 10.6 Å². The fourth-order valence-corrected chi connectivity index (χ4v) is 2.12. The van der Waals surface area contributed by atoms with Crippen molar-refractivity contribution in [2.45, 2.75) is 6.42 Å². The predicted octanol–water partition coefficient (Wildman–Crippen LogP) is 3.20. The molecule has 0 saturated carbocycles. The highest BCUT2D eigenvalue weighted by Gasteiger charge is 2.03. The number of aromatic nitrogens is 1. The van der Waals surface area contributed by atoms with Crippen LogP contribution in [0.5, 0.6) is 0 Å². The second-order valence-corrected chi connectivity index (χ2v) is 4.46. The summed E-state index contributed by atoms with van der Waals surface area (Å²) in [7, 11) is 0. The molecule has 0 amide bonds. The average Bonchev–Trinajstić information content (AvgIpc) is 2.73. The van der Waals surface area contributed by atoms with Crippen LogP contribution in [0.2, 0.25) is 5.02 Å². The number of carbonyl (C=O) groups is 1. The Hall–Kier alpha value is -1.19. The largest absolute Gasteiger partial charge is 0.298 e. The van der Waals surface area contributed by atoms with Crippen LogP contribution < -0.4 is 0 Å². The summed E-state index contributed by atoms with van der Waals surface area (Å²) in [4.78, 5) is 14.9. The van der Waals surface area contributed by atoms with Gasteiger partial charge in [-0.3, -0.25) is 4.79 Å². The fraction of sp³-hybridized carbons (Fsp3) is 0.0909. The Morgan fingerprint density at radius 3 is 3.00 bits per heavy atom. The molecule has 0 aliphatic carbocycles. The smallest absolute Gasteiger partial charge is 0.151 e. The number of nitrogens with zero attached hydrogens (tertiary/aromatic N) is 1. The Morgan fingerprint density at radius 2 is 2.33 bits per heavy atom. The first-order chi connectivity index (χ1) is 7.29. The number of hydrogen-bond donors (Lipinski definition) is 0. The van der Waals surface area contributed by atoms with Crippen LogP contribution in [-0.4, -0.2) is 11.3 Å². The number of benzene rings is 1. The minimum Gasteiger partial charge on any atom is -0.298 e. The van der Waals surface area contributed by atoms with Gasteiger partial charge < -0.3 is 0 Å². The molecule has 0 atom stereocenters. The topological polar surface area (TPSA) is 30.0 Å². The summed E-state index contributed by atoms with van der Waals surface area (Å²) < 4.78 is 0. The van der Waals surface area contributed by atoms with E-state index < -0.39 is 0 Å². The number of rotatable bonds is 3. The maximum atomic E-state index is 10.7. The Bertz CT molecular complexity index is 467. The van der Waals surface area contributed by atoms with Crippen molar-refractivity contribution in [2.24, 2.45) is 0 Å². The molecular weight excluding hydrogens is 230 g/mol. The van der Waals surface area contributed by atoms with E-state index in [-0.39, 0.29) is 0 Å². The number of hydrogen-bond acceptors (Lipinski definition) is 3. The third kappa shape index (κ3) is 2.43. The van der Waals surface area contributed by atoms with E-state index in [4.69, 9.17) is 11.6 Å². The lowest BCUT2D eigenvalue weighted by Crippen LogP contribution is -1.90. The molecule has 0 fully saturated rings. The number of halogens is 1. The summed E-state index contributed by atoms with van der Waals surface area (Å²) >= 11 is 7.44. The van der Waals surface area contributed by atoms with Crippen LogP contribution in [0.3, 0.4) is 0 Å². The van der Waals surface area contributed by atoms with E-state index in [2.05, 4.69) is 4.98 Å². The van der Waals surface area contributed by atoms with E-state index in [9.17, 15) is 4.79 Å². The molecule has 2 nitrogen and oxygen atoms in total. The van der Waals surface area contributed by atoms with Gasteiger partial charge in [-0.05, 0) is 17.7 Å². The van der Waals surface area contributed by atoms with Crippen LogP contribution in [0.4, 0.5) is 0 Å². The van der Waals surface area contributed by atoms with Crippen molar-refractivity contribution < 1.29 is 4.79 Å². The normalized spacial score (nSPS) is 10.2. The van der Waals surface area contributed by atoms with Gasteiger partial charge in [-0.1, -0.05) is 17.7 Å². The van der Waals surface area contributed by atoms with Gasteiger partial charge in [0.2, 0.25) is 0 Å². The Kier molecular flexibility index (Phi) is 3.14. The number of thiazole rings is 1. The van der Waals surface area contributed by atoms with Crippen LogP contribution in [0.25, 0.3) is 0 Å². The maximum absolute atomic E-state index is 10.7. The lowest BCUT2D eigenvalue weighted by molar-refractivity contribution is 0.112. The fourth-order valence-electron chi connectivity index (χ4n) is 1.31. The average molecular weight is 238 g/mol. The first kappa shape index (κ1) is 10.3. The molecule has 2 aromatic rings. The molecule has 1 heterocycles. The Morgan fingerprint density at radius 1 is 1.47 bits per heavy atom. The quantitative estimate of drug-likeness (QED) is 0.768. The zero-order valence-electron chi connectivity index (χ0n) is 7.81. The lowest BCUT2D eigenvalue weighted by Gasteiger charge is -2.01. The molecule has 76 valence electrons. The van der Waals surface area contributed by atoms with Crippen molar-refractivity contribution in [3.8, 4) is 0 Å².